The lowest BCUT2D eigenvalue weighted by atomic mass is 9.99. The number of benzene rings is 1. The third-order valence-electron chi connectivity index (χ3n) is 3.57. The Labute approximate surface area is 114 Å². The van der Waals surface area contributed by atoms with E-state index < -0.39 is 0 Å². The molecule has 0 aromatic heterocycles. The van der Waals surface area contributed by atoms with Crippen LogP contribution in [0, 0.1) is 5.92 Å². The second-order valence-electron chi connectivity index (χ2n) is 4.98. The highest BCUT2D eigenvalue weighted by molar-refractivity contribution is 5.78. The fourth-order valence-corrected chi connectivity index (χ4v) is 2.32. The molecule has 3 N–H and O–H groups in total. The summed E-state index contributed by atoms with van der Waals surface area (Å²) in [6, 6.07) is 9.96. The van der Waals surface area contributed by atoms with Crippen LogP contribution in [0.2, 0.25) is 0 Å². The molecule has 1 fully saturated rings. The minimum Gasteiger partial charge on any atom is -0.381 e. The van der Waals surface area contributed by atoms with Gasteiger partial charge in [-0.05, 0) is 24.8 Å². The first-order chi connectivity index (χ1) is 9.27. The van der Waals surface area contributed by atoms with Gasteiger partial charge in [-0.3, -0.25) is 4.79 Å². The molecule has 0 aliphatic carbocycles. The Kier molecular flexibility index (Phi) is 5.36. The van der Waals surface area contributed by atoms with E-state index in [4.69, 9.17) is 10.5 Å². The van der Waals surface area contributed by atoms with Gasteiger partial charge in [0.15, 0.2) is 0 Å². The number of amides is 1. The van der Waals surface area contributed by atoms with Gasteiger partial charge in [0.2, 0.25) is 5.91 Å². The highest BCUT2D eigenvalue weighted by Gasteiger charge is 2.21. The summed E-state index contributed by atoms with van der Waals surface area (Å²) in [7, 11) is 0. The highest BCUT2D eigenvalue weighted by Crippen LogP contribution is 2.15. The molecular formula is C15H22N2O2. The minimum atomic E-state index is -0.0174. The van der Waals surface area contributed by atoms with Crippen LogP contribution >= 0.6 is 0 Å². The van der Waals surface area contributed by atoms with Gasteiger partial charge in [-0.15, -0.1) is 0 Å². The molecule has 1 aromatic rings. The Hall–Kier alpha value is -1.39. The van der Waals surface area contributed by atoms with Crippen LogP contribution in [0.3, 0.4) is 0 Å². The lowest BCUT2D eigenvalue weighted by Crippen LogP contribution is -2.35. The van der Waals surface area contributed by atoms with Crippen molar-refractivity contribution >= 4 is 5.91 Å². The summed E-state index contributed by atoms with van der Waals surface area (Å²) >= 11 is 0. The highest BCUT2D eigenvalue weighted by atomic mass is 16.5. The zero-order chi connectivity index (χ0) is 13.5. The van der Waals surface area contributed by atoms with Gasteiger partial charge in [-0.25, -0.2) is 0 Å². The van der Waals surface area contributed by atoms with Crippen LogP contribution < -0.4 is 11.1 Å². The van der Waals surface area contributed by atoms with E-state index in [1.807, 2.05) is 30.3 Å². The summed E-state index contributed by atoms with van der Waals surface area (Å²) in [5.74, 6) is 0.255. The number of carbonyl (C=O) groups excluding carboxylic acids is 1. The Balaban J connectivity index is 1.69. The topological polar surface area (TPSA) is 64.3 Å². The van der Waals surface area contributed by atoms with E-state index in [2.05, 4.69) is 5.32 Å². The lowest BCUT2D eigenvalue weighted by molar-refractivity contribution is -0.127. The van der Waals surface area contributed by atoms with Crippen molar-refractivity contribution in [2.45, 2.75) is 25.3 Å². The number of nitrogens with two attached hydrogens (primary N) is 1. The normalized spacial score (nSPS) is 17.9. The van der Waals surface area contributed by atoms with Gasteiger partial charge in [0.25, 0.3) is 0 Å². The SMILES string of the molecule is NC(CCNC(=O)C1CCOCC1)c1ccccc1. The zero-order valence-electron chi connectivity index (χ0n) is 11.2. The third kappa shape index (κ3) is 4.33. The Bertz CT molecular complexity index is 388. The van der Waals surface area contributed by atoms with Crippen LogP contribution in [-0.4, -0.2) is 25.7 Å². The second-order valence-corrected chi connectivity index (χ2v) is 4.98. The first-order valence-corrected chi connectivity index (χ1v) is 6.93. The quantitative estimate of drug-likeness (QED) is 0.847. The first kappa shape index (κ1) is 14.0. The number of rotatable bonds is 5. The number of hydrogen-bond donors (Lipinski definition) is 2. The molecule has 4 heteroatoms. The molecule has 4 nitrogen and oxygen atoms in total. The fourth-order valence-electron chi connectivity index (χ4n) is 2.32. The average Bonchev–Trinajstić information content (AvgIpc) is 2.49. The fraction of sp³-hybridized carbons (Fsp3) is 0.533. The first-order valence-electron chi connectivity index (χ1n) is 6.93. The summed E-state index contributed by atoms with van der Waals surface area (Å²) in [6.07, 6.45) is 2.42. The van der Waals surface area contributed by atoms with Crippen molar-refractivity contribution < 1.29 is 9.53 Å². The van der Waals surface area contributed by atoms with Crippen LogP contribution in [0.4, 0.5) is 0 Å². The Morgan fingerprint density at radius 3 is 2.68 bits per heavy atom. The summed E-state index contributed by atoms with van der Waals surface area (Å²) in [4.78, 5) is 11.9. The molecule has 19 heavy (non-hydrogen) atoms. The minimum absolute atomic E-state index is 0.0174. The van der Waals surface area contributed by atoms with Crippen molar-refractivity contribution in [1.29, 1.82) is 0 Å². The molecule has 1 aliphatic rings. The maximum absolute atomic E-state index is 11.9. The lowest BCUT2D eigenvalue weighted by Gasteiger charge is -2.21. The maximum Gasteiger partial charge on any atom is 0.223 e. The number of ether oxygens (including phenoxy) is 1. The van der Waals surface area contributed by atoms with Crippen molar-refractivity contribution in [3.05, 3.63) is 35.9 Å². The molecule has 1 aromatic carbocycles. The van der Waals surface area contributed by atoms with Crippen molar-refractivity contribution in [2.75, 3.05) is 19.8 Å². The largest absolute Gasteiger partial charge is 0.381 e. The molecule has 1 aliphatic heterocycles. The molecule has 0 radical (unpaired) electrons. The number of carbonyl (C=O) groups is 1. The van der Waals surface area contributed by atoms with Crippen molar-refractivity contribution in [3.63, 3.8) is 0 Å². The van der Waals surface area contributed by atoms with Crippen molar-refractivity contribution in [2.24, 2.45) is 11.7 Å². The zero-order valence-corrected chi connectivity index (χ0v) is 11.2. The Morgan fingerprint density at radius 2 is 2.00 bits per heavy atom. The summed E-state index contributed by atoms with van der Waals surface area (Å²) < 4.78 is 5.25. The van der Waals surface area contributed by atoms with Gasteiger partial charge in [-0.1, -0.05) is 30.3 Å². The molecular weight excluding hydrogens is 240 g/mol. The molecule has 1 unspecified atom stereocenters. The average molecular weight is 262 g/mol. The maximum atomic E-state index is 11.9. The predicted molar refractivity (Wildman–Crippen MR) is 74.5 cm³/mol. The molecule has 1 atom stereocenters. The second kappa shape index (κ2) is 7.26. The van der Waals surface area contributed by atoms with Gasteiger partial charge in [0.1, 0.15) is 0 Å². The third-order valence-corrected chi connectivity index (χ3v) is 3.57. The van der Waals surface area contributed by atoms with Gasteiger partial charge in [0, 0.05) is 31.7 Å². The molecule has 104 valence electrons. The van der Waals surface area contributed by atoms with Crippen molar-refractivity contribution in [1.82, 2.24) is 5.32 Å². The smallest absolute Gasteiger partial charge is 0.223 e. The summed E-state index contributed by atoms with van der Waals surface area (Å²) in [5.41, 5.74) is 7.20. The standard InChI is InChI=1S/C15H22N2O2/c16-14(12-4-2-1-3-5-12)6-9-17-15(18)13-7-10-19-11-8-13/h1-5,13-14H,6-11,16H2,(H,17,18). The predicted octanol–water partition coefficient (Wildman–Crippen LogP) is 1.62. The van der Waals surface area contributed by atoms with E-state index in [-0.39, 0.29) is 17.9 Å². The van der Waals surface area contributed by atoms with E-state index in [9.17, 15) is 4.79 Å². The van der Waals surface area contributed by atoms with E-state index in [1.165, 1.54) is 0 Å². The van der Waals surface area contributed by atoms with Crippen LogP contribution in [0.1, 0.15) is 30.9 Å². The van der Waals surface area contributed by atoms with Crippen LogP contribution in [-0.2, 0) is 9.53 Å². The summed E-state index contributed by atoms with van der Waals surface area (Å²) in [6.45, 7) is 2.02. The van der Waals surface area contributed by atoms with Gasteiger partial charge in [-0.2, -0.15) is 0 Å². The van der Waals surface area contributed by atoms with Crippen LogP contribution in [0.25, 0.3) is 0 Å². The van der Waals surface area contributed by atoms with Gasteiger partial charge >= 0.3 is 0 Å². The van der Waals surface area contributed by atoms with Crippen molar-refractivity contribution in [3.8, 4) is 0 Å². The molecule has 1 amide bonds. The monoisotopic (exact) mass is 262 g/mol. The number of nitrogens with one attached hydrogen (secondary N) is 1. The molecule has 1 heterocycles. The van der Waals surface area contributed by atoms with E-state index >= 15 is 0 Å². The van der Waals surface area contributed by atoms with E-state index in [0.29, 0.717) is 19.8 Å². The molecule has 0 saturated carbocycles. The molecule has 0 spiro atoms. The van der Waals surface area contributed by atoms with E-state index in [1.54, 1.807) is 0 Å². The summed E-state index contributed by atoms with van der Waals surface area (Å²) in [5, 5.41) is 2.98. The van der Waals surface area contributed by atoms with Crippen LogP contribution in [0.15, 0.2) is 30.3 Å². The van der Waals surface area contributed by atoms with Gasteiger partial charge < -0.3 is 15.8 Å². The molecule has 2 rings (SSSR count). The number of hydrogen-bond acceptors (Lipinski definition) is 3. The van der Waals surface area contributed by atoms with Gasteiger partial charge in [0.05, 0.1) is 0 Å². The molecule has 0 bridgehead atoms. The van der Waals surface area contributed by atoms with E-state index in [0.717, 1.165) is 24.8 Å². The molecule has 1 saturated heterocycles. The Morgan fingerprint density at radius 1 is 1.32 bits per heavy atom. The van der Waals surface area contributed by atoms with Crippen LogP contribution in [0.5, 0.6) is 0 Å².